The van der Waals surface area contributed by atoms with Gasteiger partial charge in [-0.15, -0.1) is 0 Å². The molecule has 1 amide bonds. The number of fused-ring (bicyclic) bond motifs is 1. The highest BCUT2D eigenvalue weighted by Gasteiger charge is 2.55. The van der Waals surface area contributed by atoms with Gasteiger partial charge in [-0.2, -0.15) is 4.98 Å². The molecule has 1 saturated heterocycles. The Balaban J connectivity index is 1.07. The van der Waals surface area contributed by atoms with Crippen molar-refractivity contribution in [2.45, 2.75) is 38.2 Å². The van der Waals surface area contributed by atoms with E-state index in [1.54, 1.807) is 18.5 Å². The van der Waals surface area contributed by atoms with Crippen molar-refractivity contribution in [2.75, 3.05) is 24.5 Å². The number of piperidine rings is 1. The van der Waals surface area contributed by atoms with E-state index < -0.39 is 5.82 Å². The number of carbonyl (C=O) groups excluding carboxylic acids is 1. The summed E-state index contributed by atoms with van der Waals surface area (Å²) < 4.78 is 20.2. The summed E-state index contributed by atoms with van der Waals surface area (Å²) in [5, 5.41) is 2.95. The first-order chi connectivity index (χ1) is 15.7. The quantitative estimate of drug-likeness (QED) is 0.639. The van der Waals surface area contributed by atoms with Gasteiger partial charge in [-0.05, 0) is 67.6 Å². The van der Waals surface area contributed by atoms with Crippen molar-refractivity contribution in [1.82, 2.24) is 20.3 Å². The Morgan fingerprint density at radius 1 is 1.25 bits per heavy atom. The molecule has 0 spiro atoms. The number of ether oxygens (including phenoxy) is 1. The zero-order chi connectivity index (χ0) is 21.9. The van der Waals surface area contributed by atoms with Crippen LogP contribution >= 0.6 is 0 Å². The minimum Gasteiger partial charge on any atom is -0.460 e. The van der Waals surface area contributed by atoms with E-state index in [1.165, 1.54) is 12.3 Å². The van der Waals surface area contributed by atoms with Crippen molar-refractivity contribution in [1.29, 1.82) is 0 Å². The minimum atomic E-state index is -0.394. The van der Waals surface area contributed by atoms with Crippen LogP contribution in [0.3, 0.4) is 0 Å². The standard InChI is InChI=1S/C24H28FN5O2/c25-21-13-28-24(32-17-5-1-2-6-17)29-23(21)30-14-19-18(20(19)15-30)9-11-27-22(31)8-7-16-4-3-10-26-12-16/h3-4,7-8,10,12-13,17-20H,1-2,5-6,9,11,14-15H2,(H,27,31)/b8-7+/t18-,19-,20+. The Hall–Kier alpha value is -3.03. The summed E-state index contributed by atoms with van der Waals surface area (Å²) in [5.74, 6) is 1.51. The number of nitrogens with zero attached hydrogens (tertiary/aromatic N) is 4. The lowest BCUT2D eigenvalue weighted by molar-refractivity contribution is -0.116. The maximum absolute atomic E-state index is 14.4. The molecule has 0 bridgehead atoms. The number of hydrogen-bond acceptors (Lipinski definition) is 6. The van der Waals surface area contributed by atoms with Gasteiger partial charge in [0.05, 0.1) is 6.20 Å². The summed E-state index contributed by atoms with van der Waals surface area (Å²) in [4.78, 5) is 26.4. The van der Waals surface area contributed by atoms with Gasteiger partial charge in [0.25, 0.3) is 0 Å². The van der Waals surface area contributed by atoms with Gasteiger partial charge in [-0.1, -0.05) is 6.07 Å². The van der Waals surface area contributed by atoms with E-state index in [0.29, 0.717) is 30.1 Å². The van der Waals surface area contributed by atoms with Crippen molar-refractivity contribution < 1.29 is 13.9 Å². The van der Waals surface area contributed by atoms with Gasteiger partial charge >= 0.3 is 6.01 Å². The molecule has 3 aliphatic rings. The molecule has 5 rings (SSSR count). The molecule has 3 atom stereocenters. The first-order valence-electron chi connectivity index (χ1n) is 11.5. The monoisotopic (exact) mass is 437 g/mol. The molecule has 2 aromatic heterocycles. The number of aromatic nitrogens is 3. The van der Waals surface area contributed by atoms with Gasteiger partial charge in [-0.3, -0.25) is 9.78 Å². The normalized spacial score (nSPS) is 24.7. The highest BCUT2D eigenvalue weighted by atomic mass is 19.1. The van der Waals surface area contributed by atoms with Gasteiger partial charge < -0.3 is 15.0 Å². The number of pyridine rings is 1. The average molecular weight is 438 g/mol. The second-order valence-corrected chi connectivity index (χ2v) is 8.94. The zero-order valence-corrected chi connectivity index (χ0v) is 18.0. The summed E-state index contributed by atoms with van der Waals surface area (Å²) in [6.45, 7) is 2.23. The second-order valence-electron chi connectivity index (χ2n) is 8.94. The van der Waals surface area contributed by atoms with E-state index in [1.807, 2.05) is 17.0 Å². The molecule has 2 aromatic rings. The van der Waals surface area contributed by atoms with Crippen molar-refractivity contribution in [3.63, 3.8) is 0 Å². The van der Waals surface area contributed by atoms with Gasteiger partial charge in [0.2, 0.25) is 5.91 Å². The van der Waals surface area contributed by atoms with E-state index in [4.69, 9.17) is 4.74 Å². The Bertz CT molecular complexity index is 968. The number of nitrogens with one attached hydrogen (secondary N) is 1. The largest absolute Gasteiger partial charge is 0.460 e. The Morgan fingerprint density at radius 3 is 2.81 bits per heavy atom. The van der Waals surface area contributed by atoms with E-state index in [2.05, 4.69) is 20.3 Å². The van der Waals surface area contributed by atoms with Crippen LogP contribution in [0.25, 0.3) is 6.08 Å². The lowest BCUT2D eigenvalue weighted by Crippen LogP contribution is -2.28. The molecule has 2 saturated carbocycles. The number of carbonyl (C=O) groups is 1. The van der Waals surface area contributed by atoms with Crippen molar-refractivity contribution >= 4 is 17.8 Å². The Kier molecular flexibility index (Phi) is 6.01. The fourth-order valence-corrected chi connectivity index (χ4v) is 5.09. The molecule has 8 heteroatoms. The van der Waals surface area contributed by atoms with Crippen LogP contribution in [0, 0.1) is 23.6 Å². The third-order valence-electron chi connectivity index (χ3n) is 6.84. The summed E-state index contributed by atoms with van der Waals surface area (Å²) in [5.41, 5.74) is 0.896. The first-order valence-corrected chi connectivity index (χ1v) is 11.5. The summed E-state index contributed by atoms with van der Waals surface area (Å²) in [7, 11) is 0. The predicted octanol–water partition coefficient (Wildman–Crippen LogP) is 3.23. The molecule has 3 heterocycles. The number of amides is 1. The third kappa shape index (κ3) is 4.74. The topological polar surface area (TPSA) is 80.2 Å². The lowest BCUT2D eigenvalue weighted by atomic mass is 10.2. The smallest absolute Gasteiger partial charge is 0.318 e. The lowest BCUT2D eigenvalue weighted by Gasteiger charge is -2.22. The highest BCUT2D eigenvalue weighted by molar-refractivity contribution is 5.91. The van der Waals surface area contributed by atoms with Gasteiger partial charge in [-0.25, -0.2) is 9.37 Å². The first kappa shape index (κ1) is 20.8. The third-order valence-corrected chi connectivity index (χ3v) is 6.84. The molecule has 1 N–H and O–H groups in total. The summed E-state index contributed by atoms with van der Waals surface area (Å²) >= 11 is 0. The molecule has 168 valence electrons. The molecule has 2 aliphatic carbocycles. The maximum Gasteiger partial charge on any atom is 0.318 e. The molecular formula is C24H28FN5O2. The van der Waals surface area contributed by atoms with Crippen LogP contribution in [0.2, 0.25) is 0 Å². The van der Waals surface area contributed by atoms with E-state index in [-0.39, 0.29) is 18.0 Å². The van der Waals surface area contributed by atoms with Gasteiger partial charge in [0, 0.05) is 38.1 Å². The molecule has 0 aromatic carbocycles. The highest BCUT2D eigenvalue weighted by Crippen LogP contribution is 2.54. The van der Waals surface area contributed by atoms with Crippen molar-refractivity contribution in [2.24, 2.45) is 17.8 Å². The molecule has 32 heavy (non-hydrogen) atoms. The van der Waals surface area contributed by atoms with Gasteiger partial charge in [0.1, 0.15) is 6.10 Å². The second kappa shape index (κ2) is 9.22. The fraction of sp³-hybridized carbons (Fsp3) is 0.500. The average Bonchev–Trinajstić information content (AvgIpc) is 3.19. The molecule has 7 nitrogen and oxygen atoms in total. The zero-order valence-electron chi connectivity index (χ0n) is 18.0. The van der Waals surface area contributed by atoms with Crippen molar-refractivity contribution in [3.05, 3.63) is 48.2 Å². The molecule has 1 aliphatic heterocycles. The van der Waals surface area contributed by atoms with Gasteiger partial charge in [0.15, 0.2) is 11.6 Å². The molecular weight excluding hydrogens is 409 g/mol. The van der Waals surface area contributed by atoms with E-state index in [9.17, 15) is 9.18 Å². The van der Waals surface area contributed by atoms with Crippen molar-refractivity contribution in [3.8, 4) is 6.01 Å². The number of anilines is 1. The van der Waals surface area contributed by atoms with Crippen LogP contribution in [-0.4, -0.2) is 46.6 Å². The molecule has 0 unspecified atom stereocenters. The van der Waals surface area contributed by atoms with Crippen LogP contribution < -0.4 is 15.0 Å². The van der Waals surface area contributed by atoms with Crippen LogP contribution in [0.15, 0.2) is 36.8 Å². The number of hydrogen-bond donors (Lipinski definition) is 1. The van der Waals surface area contributed by atoms with E-state index in [0.717, 1.165) is 50.8 Å². The predicted molar refractivity (Wildman–Crippen MR) is 118 cm³/mol. The summed E-state index contributed by atoms with van der Waals surface area (Å²) in [6, 6.07) is 4.02. The van der Waals surface area contributed by atoms with Crippen LogP contribution in [-0.2, 0) is 4.79 Å². The molecule has 0 radical (unpaired) electrons. The van der Waals surface area contributed by atoms with Crippen LogP contribution in [0.5, 0.6) is 6.01 Å². The van der Waals surface area contributed by atoms with Crippen LogP contribution in [0.1, 0.15) is 37.7 Å². The summed E-state index contributed by atoms with van der Waals surface area (Å²) in [6.07, 6.45) is 13.4. The SMILES string of the molecule is O=C(/C=C/c1cccnc1)NCC[C@@H]1[C@H]2CN(c3nc(OC4CCCC4)ncc3F)C[C@@H]12. The Labute approximate surface area is 187 Å². The maximum atomic E-state index is 14.4. The number of halogens is 1. The minimum absolute atomic E-state index is 0.0980. The molecule has 3 fully saturated rings. The Morgan fingerprint density at radius 2 is 2.06 bits per heavy atom. The fourth-order valence-electron chi connectivity index (χ4n) is 5.09. The van der Waals surface area contributed by atoms with Crippen LogP contribution in [0.4, 0.5) is 10.2 Å². The number of rotatable bonds is 8. The van der Waals surface area contributed by atoms with E-state index >= 15 is 0 Å².